The molecule has 10 heteroatoms. The van der Waals surface area contributed by atoms with Crippen LogP contribution in [0.2, 0.25) is 0 Å². The number of nitrogens with two attached hydrogens (primary N) is 1. The summed E-state index contributed by atoms with van der Waals surface area (Å²) in [6.45, 7) is 0. The first-order chi connectivity index (χ1) is 16.0. The van der Waals surface area contributed by atoms with E-state index in [1.807, 2.05) is 42.5 Å². The number of nitro groups is 1. The van der Waals surface area contributed by atoms with Crippen LogP contribution in [0, 0.1) is 10.1 Å². The molecule has 3 aromatic heterocycles. The zero-order valence-corrected chi connectivity index (χ0v) is 18.5. The zero-order valence-electron chi connectivity index (χ0n) is 16.9. The summed E-state index contributed by atoms with van der Waals surface area (Å²) in [6.07, 6.45) is 0. The molecule has 0 fully saturated rings. The van der Waals surface area contributed by atoms with E-state index in [9.17, 15) is 14.9 Å². The van der Waals surface area contributed by atoms with E-state index in [2.05, 4.69) is 15.3 Å². The van der Waals surface area contributed by atoms with Crippen molar-refractivity contribution < 1.29 is 9.72 Å². The van der Waals surface area contributed by atoms with Crippen LogP contribution in [0.4, 0.5) is 16.5 Å². The van der Waals surface area contributed by atoms with Gasteiger partial charge in [0.25, 0.3) is 11.6 Å². The van der Waals surface area contributed by atoms with Crippen molar-refractivity contribution in [3.05, 3.63) is 87.1 Å². The highest BCUT2D eigenvalue weighted by Crippen LogP contribution is 2.35. The summed E-state index contributed by atoms with van der Waals surface area (Å²) in [7, 11) is 0. The molecule has 0 aliphatic heterocycles. The van der Waals surface area contributed by atoms with E-state index in [1.165, 1.54) is 34.8 Å². The Balaban J connectivity index is 1.40. The Morgan fingerprint density at radius 2 is 1.76 bits per heavy atom. The number of thiazole rings is 1. The minimum absolute atomic E-state index is 0.0218. The van der Waals surface area contributed by atoms with E-state index in [4.69, 9.17) is 5.73 Å². The van der Waals surface area contributed by atoms with Gasteiger partial charge in [0.05, 0.1) is 22.0 Å². The molecule has 0 aliphatic rings. The quantitative estimate of drug-likeness (QED) is 0.244. The first-order valence-electron chi connectivity index (χ1n) is 9.76. The number of amides is 1. The van der Waals surface area contributed by atoms with Gasteiger partial charge in [-0.25, -0.2) is 9.97 Å². The lowest BCUT2D eigenvalue weighted by Gasteiger charge is -2.01. The number of nitrogens with zero attached hydrogens (tertiary/aromatic N) is 3. The lowest BCUT2D eigenvalue weighted by atomic mass is 10.1. The first kappa shape index (κ1) is 20.7. The summed E-state index contributed by atoms with van der Waals surface area (Å²) >= 11 is 2.45. The minimum Gasteiger partial charge on any atom is -0.397 e. The number of nitrogen functional groups attached to an aromatic ring is 1. The van der Waals surface area contributed by atoms with E-state index in [1.54, 1.807) is 17.5 Å². The van der Waals surface area contributed by atoms with Crippen molar-refractivity contribution in [2.45, 2.75) is 0 Å². The number of thiophene rings is 1. The number of nitrogens with one attached hydrogen (secondary N) is 1. The summed E-state index contributed by atoms with van der Waals surface area (Å²) in [6, 6.07) is 19.7. The highest BCUT2D eigenvalue weighted by atomic mass is 32.1. The smallest absolute Gasteiger partial charge is 0.270 e. The number of nitro benzene ring substituents is 1. The number of hydrogen-bond donors (Lipinski definition) is 2. The van der Waals surface area contributed by atoms with Crippen LogP contribution in [0.15, 0.2) is 72.1 Å². The molecule has 0 saturated carbocycles. The van der Waals surface area contributed by atoms with Gasteiger partial charge in [-0.1, -0.05) is 42.5 Å². The maximum Gasteiger partial charge on any atom is 0.270 e. The molecule has 162 valence electrons. The van der Waals surface area contributed by atoms with E-state index in [-0.39, 0.29) is 11.6 Å². The molecule has 5 aromatic rings. The average molecular weight is 474 g/mol. The molecule has 3 N–H and O–H groups in total. The number of aromatic nitrogens is 2. The molecule has 0 unspecified atom stereocenters. The van der Waals surface area contributed by atoms with Crippen LogP contribution in [-0.4, -0.2) is 20.8 Å². The third-order valence-corrected chi connectivity index (χ3v) is 6.82. The second-order valence-corrected chi connectivity index (χ2v) is 8.92. The van der Waals surface area contributed by atoms with Crippen molar-refractivity contribution in [2.24, 2.45) is 0 Å². The van der Waals surface area contributed by atoms with Gasteiger partial charge >= 0.3 is 0 Å². The molecule has 0 atom stereocenters. The van der Waals surface area contributed by atoms with Crippen LogP contribution >= 0.6 is 22.7 Å². The Labute approximate surface area is 195 Å². The molecule has 2 aromatic carbocycles. The number of pyridine rings is 1. The molecule has 8 nitrogen and oxygen atoms in total. The van der Waals surface area contributed by atoms with E-state index in [0.29, 0.717) is 31.8 Å². The SMILES string of the molecule is Nc1c(C(=O)Nc2nc(-c3cccc([N+](=O)[O-])c3)cs2)sc2nc(-c3ccccc3)ccc12. The van der Waals surface area contributed by atoms with Crippen LogP contribution < -0.4 is 11.1 Å². The van der Waals surface area contributed by atoms with Crippen molar-refractivity contribution in [2.75, 3.05) is 11.1 Å². The van der Waals surface area contributed by atoms with Gasteiger partial charge in [-0.3, -0.25) is 20.2 Å². The standard InChI is InChI=1S/C23H15N5O3S2/c24-19-16-9-10-17(13-5-2-1-3-6-13)25-22(16)33-20(19)21(29)27-23-26-18(12-32-23)14-7-4-8-15(11-14)28(30)31/h1-12H,24H2,(H,26,27,29). The Hall–Kier alpha value is -4.15. The Kier molecular flexibility index (Phi) is 5.29. The Bertz CT molecular complexity index is 1510. The molecule has 1 amide bonds. The predicted octanol–water partition coefficient (Wildman–Crippen LogP) is 5.83. The predicted molar refractivity (Wildman–Crippen MR) is 132 cm³/mol. The third kappa shape index (κ3) is 4.04. The third-order valence-electron chi connectivity index (χ3n) is 4.95. The van der Waals surface area contributed by atoms with E-state index >= 15 is 0 Å². The molecule has 0 spiro atoms. The fourth-order valence-corrected chi connectivity index (χ4v) is 5.04. The van der Waals surface area contributed by atoms with Crippen molar-refractivity contribution in [1.82, 2.24) is 9.97 Å². The molecule has 33 heavy (non-hydrogen) atoms. The maximum atomic E-state index is 12.9. The van der Waals surface area contributed by atoms with Gasteiger partial charge < -0.3 is 5.73 Å². The molecule has 0 bridgehead atoms. The van der Waals surface area contributed by atoms with Crippen LogP contribution in [0.5, 0.6) is 0 Å². The van der Waals surface area contributed by atoms with Crippen molar-refractivity contribution in [1.29, 1.82) is 0 Å². The number of fused-ring (bicyclic) bond motifs is 1. The maximum absolute atomic E-state index is 12.9. The van der Waals surface area contributed by atoms with Gasteiger partial charge in [0.2, 0.25) is 0 Å². The van der Waals surface area contributed by atoms with Crippen LogP contribution in [-0.2, 0) is 0 Å². The fourth-order valence-electron chi connectivity index (χ4n) is 3.33. The molecular formula is C23H15N5O3S2. The summed E-state index contributed by atoms with van der Waals surface area (Å²) in [5.41, 5.74) is 9.52. The first-order valence-corrected chi connectivity index (χ1v) is 11.5. The molecule has 0 aliphatic carbocycles. The molecular weight excluding hydrogens is 458 g/mol. The van der Waals surface area contributed by atoms with Crippen LogP contribution in [0.3, 0.4) is 0 Å². The van der Waals surface area contributed by atoms with E-state index < -0.39 is 4.92 Å². The molecule has 5 rings (SSSR count). The van der Waals surface area contributed by atoms with Crippen molar-refractivity contribution in [3.8, 4) is 22.5 Å². The highest BCUT2D eigenvalue weighted by molar-refractivity contribution is 7.21. The largest absolute Gasteiger partial charge is 0.397 e. The summed E-state index contributed by atoms with van der Waals surface area (Å²) < 4.78 is 0. The summed E-state index contributed by atoms with van der Waals surface area (Å²) in [5.74, 6) is -0.378. The Morgan fingerprint density at radius 1 is 0.970 bits per heavy atom. The summed E-state index contributed by atoms with van der Waals surface area (Å²) in [4.78, 5) is 33.6. The zero-order chi connectivity index (χ0) is 22.9. The highest BCUT2D eigenvalue weighted by Gasteiger charge is 2.19. The number of non-ortho nitro benzene ring substituents is 1. The second-order valence-electron chi connectivity index (χ2n) is 7.06. The molecule has 0 saturated heterocycles. The van der Waals surface area contributed by atoms with Crippen LogP contribution in [0.25, 0.3) is 32.7 Å². The van der Waals surface area contributed by atoms with Crippen LogP contribution in [0.1, 0.15) is 9.67 Å². The van der Waals surface area contributed by atoms with Gasteiger partial charge in [-0.15, -0.1) is 22.7 Å². The number of rotatable bonds is 5. The number of carbonyl (C=O) groups is 1. The van der Waals surface area contributed by atoms with Gasteiger partial charge in [-0.05, 0) is 12.1 Å². The van der Waals surface area contributed by atoms with E-state index in [0.717, 1.165) is 16.6 Å². The monoisotopic (exact) mass is 473 g/mol. The number of benzene rings is 2. The number of carbonyl (C=O) groups excluding carboxylic acids is 1. The van der Waals surface area contributed by atoms with Gasteiger partial charge in [0, 0.05) is 34.0 Å². The topological polar surface area (TPSA) is 124 Å². The van der Waals surface area contributed by atoms with Gasteiger partial charge in [0.15, 0.2) is 5.13 Å². The molecule has 0 radical (unpaired) electrons. The molecule has 3 heterocycles. The minimum atomic E-state index is -0.458. The lowest BCUT2D eigenvalue weighted by molar-refractivity contribution is -0.384. The van der Waals surface area contributed by atoms with Gasteiger partial charge in [-0.2, -0.15) is 0 Å². The Morgan fingerprint density at radius 3 is 2.55 bits per heavy atom. The number of anilines is 2. The normalized spacial score (nSPS) is 10.9. The lowest BCUT2D eigenvalue weighted by Crippen LogP contribution is -2.11. The van der Waals surface area contributed by atoms with Crippen molar-refractivity contribution in [3.63, 3.8) is 0 Å². The van der Waals surface area contributed by atoms with Gasteiger partial charge in [0.1, 0.15) is 9.71 Å². The number of hydrogen-bond acceptors (Lipinski definition) is 8. The average Bonchev–Trinajstić information content (AvgIpc) is 3.44. The van der Waals surface area contributed by atoms with Crippen molar-refractivity contribution >= 4 is 55.3 Å². The second kappa shape index (κ2) is 8.41. The summed E-state index contributed by atoms with van der Waals surface area (Å²) in [5, 5.41) is 16.6. The fraction of sp³-hybridized carbons (Fsp3) is 0.